The van der Waals surface area contributed by atoms with Crippen LogP contribution < -0.4 is 15.0 Å². The highest BCUT2D eigenvalue weighted by Crippen LogP contribution is 2.32. The Hall–Kier alpha value is -3.46. The number of methoxy groups -OCH3 is 2. The summed E-state index contributed by atoms with van der Waals surface area (Å²) in [6.45, 7) is 0.523. The largest absolute Gasteiger partial charge is 0.493 e. The minimum absolute atomic E-state index is 0.279. The second-order valence-corrected chi connectivity index (χ2v) is 8.78. The smallest absolute Gasteiger partial charge is 0.416 e. The van der Waals surface area contributed by atoms with Gasteiger partial charge in [0.05, 0.1) is 25.3 Å². The van der Waals surface area contributed by atoms with Crippen LogP contribution in [0.4, 0.5) is 13.2 Å². The van der Waals surface area contributed by atoms with E-state index in [1.807, 2.05) is 34.9 Å². The Labute approximate surface area is 205 Å². The van der Waals surface area contributed by atoms with Crippen LogP contribution in [-0.4, -0.2) is 23.8 Å². The predicted octanol–water partition coefficient (Wildman–Crippen LogP) is 6.09. The van der Waals surface area contributed by atoms with E-state index in [1.54, 1.807) is 19.2 Å². The van der Waals surface area contributed by atoms with Crippen LogP contribution in [0.5, 0.6) is 11.5 Å². The molecule has 0 aliphatic carbocycles. The molecule has 0 unspecified atom stereocenters. The van der Waals surface area contributed by atoms with Crippen LogP contribution >= 0.6 is 11.8 Å². The minimum atomic E-state index is -4.37. The van der Waals surface area contributed by atoms with Gasteiger partial charge in [-0.3, -0.25) is 5.41 Å². The summed E-state index contributed by atoms with van der Waals surface area (Å²) in [6, 6.07) is 18.5. The first-order valence-corrected chi connectivity index (χ1v) is 11.8. The van der Waals surface area contributed by atoms with Gasteiger partial charge in [-0.1, -0.05) is 54.2 Å². The maximum absolute atomic E-state index is 12.9. The third kappa shape index (κ3) is 5.62. The second-order valence-electron chi connectivity index (χ2n) is 7.84. The molecule has 1 heterocycles. The molecule has 4 rings (SSSR count). The number of nitrogens with one attached hydrogen (secondary N) is 1. The van der Waals surface area contributed by atoms with Gasteiger partial charge in [0.2, 0.25) is 0 Å². The minimum Gasteiger partial charge on any atom is -0.493 e. The highest BCUT2D eigenvalue weighted by atomic mass is 32.2. The van der Waals surface area contributed by atoms with Gasteiger partial charge in [0, 0.05) is 23.8 Å². The SMILES string of the molecule is COc1cc2nc(SCc3ccc(C(F)(F)F)cc3)n(CCc3ccccc3)c(=N)c2cc1OC. The van der Waals surface area contributed by atoms with E-state index in [0.29, 0.717) is 46.3 Å². The van der Waals surface area contributed by atoms with Gasteiger partial charge in [0.15, 0.2) is 16.7 Å². The first-order chi connectivity index (χ1) is 16.8. The van der Waals surface area contributed by atoms with Gasteiger partial charge < -0.3 is 14.0 Å². The van der Waals surface area contributed by atoms with E-state index in [2.05, 4.69) is 0 Å². The Morgan fingerprint density at radius 3 is 2.20 bits per heavy atom. The number of rotatable bonds is 8. The number of fused-ring (bicyclic) bond motifs is 1. The Kier molecular flexibility index (Phi) is 7.35. The van der Waals surface area contributed by atoms with Gasteiger partial charge in [-0.25, -0.2) is 4.98 Å². The standard InChI is InChI=1S/C26H24F3N3O2S/c1-33-22-14-20-21(15-23(22)34-2)31-25(32(24(20)30)13-12-17-6-4-3-5-7-17)35-16-18-8-10-19(11-9-18)26(27,28)29/h3-11,14-15,30H,12-13,16H2,1-2H3. The van der Waals surface area contributed by atoms with E-state index in [9.17, 15) is 13.2 Å². The fraction of sp³-hybridized carbons (Fsp3) is 0.231. The van der Waals surface area contributed by atoms with Crippen molar-refractivity contribution in [3.05, 3.63) is 88.9 Å². The number of hydrogen-bond donors (Lipinski definition) is 1. The lowest BCUT2D eigenvalue weighted by Gasteiger charge is -2.16. The van der Waals surface area contributed by atoms with Gasteiger partial charge in [0.25, 0.3) is 0 Å². The highest BCUT2D eigenvalue weighted by Gasteiger charge is 2.29. The average Bonchev–Trinajstić information content (AvgIpc) is 2.86. The van der Waals surface area contributed by atoms with Gasteiger partial charge in [-0.15, -0.1) is 0 Å². The molecule has 0 amide bonds. The monoisotopic (exact) mass is 499 g/mol. The van der Waals surface area contributed by atoms with E-state index in [1.165, 1.54) is 31.0 Å². The molecule has 0 spiro atoms. The third-order valence-corrected chi connectivity index (χ3v) is 6.64. The Morgan fingerprint density at radius 2 is 1.57 bits per heavy atom. The molecule has 9 heteroatoms. The lowest BCUT2D eigenvalue weighted by atomic mass is 10.1. The van der Waals surface area contributed by atoms with E-state index in [-0.39, 0.29) is 5.49 Å². The molecule has 0 atom stereocenters. The van der Waals surface area contributed by atoms with Crippen molar-refractivity contribution < 1.29 is 22.6 Å². The zero-order valence-electron chi connectivity index (χ0n) is 19.2. The van der Waals surface area contributed by atoms with Gasteiger partial charge in [0.1, 0.15) is 5.49 Å². The molecule has 4 aromatic rings. The van der Waals surface area contributed by atoms with Crippen molar-refractivity contribution in [2.45, 2.75) is 30.1 Å². The number of aryl methyl sites for hydroxylation is 1. The number of hydrogen-bond acceptors (Lipinski definition) is 5. The van der Waals surface area contributed by atoms with Crippen LogP contribution in [0.2, 0.25) is 0 Å². The third-order valence-electron chi connectivity index (χ3n) is 5.59. The van der Waals surface area contributed by atoms with Crippen molar-refractivity contribution in [1.82, 2.24) is 9.55 Å². The van der Waals surface area contributed by atoms with Crippen molar-refractivity contribution >= 4 is 22.7 Å². The van der Waals surface area contributed by atoms with Crippen LogP contribution in [0.25, 0.3) is 10.9 Å². The summed E-state index contributed by atoms with van der Waals surface area (Å²) in [5.74, 6) is 1.43. The van der Waals surface area contributed by atoms with Gasteiger partial charge in [-0.05, 0) is 35.7 Å². The van der Waals surface area contributed by atoms with Crippen molar-refractivity contribution in [3.8, 4) is 11.5 Å². The number of benzene rings is 3. The summed E-state index contributed by atoms with van der Waals surface area (Å²) >= 11 is 1.38. The van der Waals surface area contributed by atoms with Crippen molar-refractivity contribution in [2.75, 3.05) is 14.2 Å². The number of aromatic nitrogens is 2. The predicted molar refractivity (Wildman–Crippen MR) is 130 cm³/mol. The van der Waals surface area contributed by atoms with Gasteiger partial charge in [-0.2, -0.15) is 13.2 Å². The van der Waals surface area contributed by atoms with Gasteiger partial charge >= 0.3 is 6.18 Å². The summed E-state index contributed by atoms with van der Waals surface area (Å²) in [4.78, 5) is 4.79. The number of alkyl halides is 3. The second kappa shape index (κ2) is 10.4. The quantitative estimate of drug-likeness (QED) is 0.236. The maximum atomic E-state index is 12.9. The Morgan fingerprint density at radius 1 is 0.914 bits per heavy atom. The number of thioether (sulfide) groups is 1. The molecule has 0 bridgehead atoms. The lowest BCUT2D eigenvalue weighted by molar-refractivity contribution is -0.137. The van der Waals surface area contributed by atoms with Crippen LogP contribution in [0.15, 0.2) is 71.9 Å². The number of ether oxygens (including phenoxy) is 2. The first-order valence-electron chi connectivity index (χ1n) is 10.8. The van der Waals surface area contributed by atoms with E-state index in [0.717, 1.165) is 23.3 Å². The molecular formula is C26H24F3N3O2S. The van der Waals surface area contributed by atoms with Crippen molar-refractivity contribution in [3.63, 3.8) is 0 Å². The molecule has 1 N–H and O–H groups in total. The highest BCUT2D eigenvalue weighted by molar-refractivity contribution is 7.98. The normalized spacial score (nSPS) is 11.6. The van der Waals surface area contributed by atoms with Crippen molar-refractivity contribution in [2.24, 2.45) is 0 Å². The zero-order valence-corrected chi connectivity index (χ0v) is 20.0. The first kappa shape index (κ1) is 24.7. The lowest BCUT2D eigenvalue weighted by Crippen LogP contribution is -2.24. The topological polar surface area (TPSA) is 60.1 Å². The molecule has 0 fully saturated rings. The number of nitrogens with zero attached hydrogens (tertiary/aromatic N) is 2. The molecule has 0 saturated carbocycles. The molecule has 182 valence electrons. The molecule has 5 nitrogen and oxygen atoms in total. The summed E-state index contributed by atoms with van der Waals surface area (Å²) in [5.41, 5.74) is 2.05. The van der Waals surface area contributed by atoms with E-state index >= 15 is 0 Å². The summed E-state index contributed by atoms with van der Waals surface area (Å²) in [5, 5.41) is 10.1. The molecule has 35 heavy (non-hydrogen) atoms. The van der Waals surface area contributed by atoms with E-state index in [4.69, 9.17) is 19.9 Å². The summed E-state index contributed by atoms with van der Waals surface area (Å²) in [7, 11) is 3.08. The summed E-state index contributed by atoms with van der Waals surface area (Å²) < 4.78 is 51.3. The average molecular weight is 500 g/mol. The molecule has 0 aliphatic heterocycles. The van der Waals surface area contributed by atoms with Crippen LogP contribution in [-0.2, 0) is 24.9 Å². The van der Waals surface area contributed by atoms with Crippen molar-refractivity contribution in [1.29, 1.82) is 5.41 Å². The molecule has 0 aliphatic rings. The fourth-order valence-electron chi connectivity index (χ4n) is 3.70. The molecule has 3 aromatic carbocycles. The fourth-order valence-corrected chi connectivity index (χ4v) is 4.69. The van der Waals surface area contributed by atoms with E-state index < -0.39 is 11.7 Å². The maximum Gasteiger partial charge on any atom is 0.416 e. The molecule has 0 radical (unpaired) electrons. The van der Waals surface area contributed by atoms with Crippen LogP contribution in [0, 0.1) is 5.41 Å². The van der Waals surface area contributed by atoms with Crippen LogP contribution in [0.3, 0.4) is 0 Å². The Bertz CT molecular complexity index is 1370. The molecule has 1 aromatic heterocycles. The summed E-state index contributed by atoms with van der Waals surface area (Å²) in [6.07, 6.45) is -3.67. The van der Waals surface area contributed by atoms with Crippen LogP contribution in [0.1, 0.15) is 16.7 Å². The molecule has 0 saturated heterocycles. The Balaban J connectivity index is 1.70. The zero-order chi connectivity index (χ0) is 25.0. The molecular weight excluding hydrogens is 475 g/mol. The number of halogens is 3.